The van der Waals surface area contributed by atoms with Crippen LogP contribution in [0.1, 0.15) is 17.3 Å². The van der Waals surface area contributed by atoms with Gasteiger partial charge < -0.3 is 14.8 Å². The number of benzene rings is 2. The number of rotatable bonds is 5. The number of nitrogens with zero attached hydrogens (tertiary/aromatic N) is 1. The SMILES string of the molecule is CCOc1ccc2c(Nc3ccc(C(=O)OC)cc3)ccnc2c1. The number of carbonyl (C=O) groups is 1. The summed E-state index contributed by atoms with van der Waals surface area (Å²) in [5.41, 5.74) is 3.19. The number of pyridine rings is 1. The molecular weight excluding hydrogens is 304 g/mol. The summed E-state index contributed by atoms with van der Waals surface area (Å²) in [5.74, 6) is 0.455. The van der Waals surface area contributed by atoms with Crippen LogP contribution in [0.4, 0.5) is 11.4 Å². The summed E-state index contributed by atoms with van der Waals surface area (Å²) in [6.45, 7) is 2.57. The van der Waals surface area contributed by atoms with Crippen molar-refractivity contribution in [3.63, 3.8) is 0 Å². The summed E-state index contributed by atoms with van der Waals surface area (Å²) in [7, 11) is 1.37. The van der Waals surface area contributed by atoms with Gasteiger partial charge in [0.15, 0.2) is 0 Å². The highest BCUT2D eigenvalue weighted by Crippen LogP contribution is 2.28. The zero-order valence-electron chi connectivity index (χ0n) is 13.6. The van der Waals surface area contributed by atoms with Crippen molar-refractivity contribution < 1.29 is 14.3 Å². The van der Waals surface area contributed by atoms with E-state index in [0.717, 1.165) is 28.0 Å². The predicted molar refractivity (Wildman–Crippen MR) is 94.0 cm³/mol. The van der Waals surface area contributed by atoms with Gasteiger partial charge in [-0.15, -0.1) is 0 Å². The van der Waals surface area contributed by atoms with Crippen LogP contribution in [-0.2, 0) is 4.74 Å². The zero-order valence-corrected chi connectivity index (χ0v) is 13.6. The Bertz CT molecular complexity index is 860. The molecule has 1 aromatic heterocycles. The van der Waals surface area contributed by atoms with E-state index in [-0.39, 0.29) is 5.97 Å². The molecule has 3 rings (SSSR count). The fourth-order valence-corrected chi connectivity index (χ4v) is 2.46. The molecule has 0 aliphatic carbocycles. The normalized spacial score (nSPS) is 10.4. The molecule has 0 atom stereocenters. The Morgan fingerprint density at radius 1 is 1.12 bits per heavy atom. The van der Waals surface area contributed by atoms with Gasteiger partial charge in [-0.3, -0.25) is 4.98 Å². The van der Waals surface area contributed by atoms with Crippen LogP contribution in [0.15, 0.2) is 54.7 Å². The average molecular weight is 322 g/mol. The molecule has 0 radical (unpaired) electrons. The lowest BCUT2D eigenvalue weighted by molar-refractivity contribution is 0.0601. The van der Waals surface area contributed by atoms with Crippen LogP contribution in [0.5, 0.6) is 5.75 Å². The molecule has 0 aliphatic heterocycles. The first-order valence-electron chi connectivity index (χ1n) is 7.68. The number of nitrogens with one attached hydrogen (secondary N) is 1. The number of ether oxygens (including phenoxy) is 2. The average Bonchev–Trinajstić information content (AvgIpc) is 2.62. The van der Waals surface area contributed by atoms with Crippen molar-refractivity contribution in [2.75, 3.05) is 19.0 Å². The van der Waals surface area contributed by atoms with Crippen molar-refractivity contribution in [3.8, 4) is 5.75 Å². The van der Waals surface area contributed by atoms with Crippen molar-refractivity contribution in [1.82, 2.24) is 4.98 Å². The molecule has 0 aliphatic rings. The third kappa shape index (κ3) is 3.30. The summed E-state index contributed by atoms with van der Waals surface area (Å²) in [6.07, 6.45) is 1.75. The molecule has 0 bridgehead atoms. The maximum atomic E-state index is 11.5. The minimum atomic E-state index is -0.348. The lowest BCUT2D eigenvalue weighted by Gasteiger charge is -2.11. The molecule has 5 nitrogen and oxygen atoms in total. The lowest BCUT2D eigenvalue weighted by atomic mass is 10.1. The second kappa shape index (κ2) is 7.00. The van der Waals surface area contributed by atoms with Gasteiger partial charge in [-0.25, -0.2) is 4.79 Å². The number of anilines is 2. The summed E-state index contributed by atoms with van der Waals surface area (Å²) in [5, 5.41) is 4.35. The first-order valence-corrected chi connectivity index (χ1v) is 7.68. The number of fused-ring (bicyclic) bond motifs is 1. The van der Waals surface area contributed by atoms with Gasteiger partial charge >= 0.3 is 5.97 Å². The molecule has 0 saturated carbocycles. The van der Waals surface area contributed by atoms with E-state index in [2.05, 4.69) is 10.3 Å². The molecule has 0 amide bonds. The van der Waals surface area contributed by atoms with Gasteiger partial charge in [-0.1, -0.05) is 0 Å². The van der Waals surface area contributed by atoms with Gasteiger partial charge in [0.05, 0.1) is 24.8 Å². The van der Waals surface area contributed by atoms with Crippen LogP contribution in [0.25, 0.3) is 10.9 Å². The van der Waals surface area contributed by atoms with Crippen LogP contribution in [0, 0.1) is 0 Å². The maximum Gasteiger partial charge on any atom is 0.337 e. The Morgan fingerprint density at radius 3 is 2.62 bits per heavy atom. The Hall–Kier alpha value is -3.08. The number of hydrogen-bond donors (Lipinski definition) is 1. The summed E-state index contributed by atoms with van der Waals surface area (Å²) in [4.78, 5) is 15.9. The van der Waals surface area contributed by atoms with E-state index in [0.29, 0.717) is 12.2 Å². The largest absolute Gasteiger partial charge is 0.494 e. The van der Waals surface area contributed by atoms with Crippen LogP contribution in [-0.4, -0.2) is 24.7 Å². The van der Waals surface area contributed by atoms with E-state index in [1.165, 1.54) is 7.11 Å². The fraction of sp³-hybridized carbons (Fsp3) is 0.158. The van der Waals surface area contributed by atoms with Crippen molar-refractivity contribution in [2.45, 2.75) is 6.92 Å². The van der Waals surface area contributed by atoms with Crippen molar-refractivity contribution >= 4 is 28.2 Å². The monoisotopic (exact) mass is 322 g/mol. The van der Waals surface area contributed by atoms with E-state index >= 15 is 0 Å². The highest BCUT2D eigenvalue weighted by Gasteiger charge is 2.07. The Labute approximate surface area is 140 Å². The van der Waals surface area contributed by atoms with Crippen LogP contribution < -0.4 is 10.1 Å². The molecule has 1 heterocycles. The number of aromatic nitrogens is 1. The molecule has 0 spiro atoms. The highest BCUT2D eigenvalue weighted by molar-refractivity contribution is 5.94. The van der Waals surface area contributed by atoms with Crippen molar-refractivity contribution in [2.24, 2.45) is 0 Å². The van der Waals surface area contributed by atoms with Gasteiger partial charge in [0.25, 0.3) is 0 Å². The molecule has 24 heavy (non-hydrogen) atoms. The van der Waals surface area contributed by atoms with Crippen LogP contribution in [0.3, 0.4) is 0 Å². The van der Waals surface area contributed by atoms with E-state index < -0.39 is 0 Å². The molecule has 122 valence electrons. The lowest BCUT2D eigenvalue weighted by Crippen LogP contribution is -2.01. The summed E-state index contributed by atoms with van der Waals surface area (Å²) >= 11 is 0. The summed E-state index contributed by atoms with van der Waals surface area (Å²) in [6, 6.07) is 14.9. The minimum absolute atomic E-state index is 0.348. The second-order valence-electron chi connectivity index (χ2n) is 5.16. The Kier molecular flexibility index (Phi) is 4.61. The van der Waals surface area contributed by atoms with Gasteiger partial charge in [0.1, 0.15) is 5.75 Å². The summed E-state index contributed by atoms with van der Waals surface area (Å²) < 4.78 is 10.2. The number of hydrogen-bond acceptors (Lipinski definition) is 5. The molecule has 0 saturated heterocycles. The van der Waals surface area contributed by atoms with Crippen molar-refractivity contribution in [1.29, 1.82) is 0 Å². The molecule has 5 heteroatoms. The Morgan fingerprint density at radius 2 is 1.92 bits per heavy atom. The van der Waals surface area contributed by atoms with E-state index in [9.17, 15) is 4.79 Å². The van der Waals surface area contributed by atoms with Gasteiger partial charge in [-0.05, 0) is 49.4 Å². The van der Waals surface area contributed by atoms with E-state index in [1.54, 1.807) is 18.3 Å². The Balaban J connectivity index is 1.88. The molecule has 2 aromatic carbocycles. The third-order valence-electron chi connectivity index (χ3n) is 3.61. The number of esters is 1. The first-order chi connectivity index (χ1) is 11.7. The molecule has 1 N–H and O–H groups in total. The second-order valence-corrected chi connectivity index (χ2v) is 5.16. The van der Waals surface area contributed by atoms with Crippen LogP contribution >= 0.6 is 0 Å². The maximum absolute atomic E-state index is 11.5. The highest BCUT2D eigenvalue weighted by atomic mass is 16.5. The predicted octanol–water partition coefficient (Wildman–Crippen LogP) is 4.16. The smallest absolute Gasteiger partial charge is 0.337 e. The van der Waals surface area contributed by atoms with E-state index in [4.69, 9.17) is 9.47 Å². The standard InChI is InChI=1S/C19H18N2O3/c1-3-24-15-8-9-16-17(10-11-20-18(16)12-15)21-14-6-4-13(5-7-14)19(22)23-2/h4-12H,3H2,1-2H3,(H,20,21). The third-order valence-corrected chi connectivity index (χ3v) is 3.61. The topological polar surface area (TPSA) is 60.5 Å². The molecular formula is C19H18N2O3. The van der Waals surface area contributed by atoms with Gasteiger partial charge in [-0.2, -0.15) is 0 Å². The molecule has 3 aromatic rings. The molecule has 0 fully saturated rings. The number of carbonyl (C=O) groups excluding carboxylic acids is 1. The number of methoxy groups -OCH3 is 1. The first kappa shape index (κ1) is 15.8. The minimum Gasteiger partial charge on any atom is -0.494 e. The van der Waals surface area contributed by atoms with E-state index in [1.807, 2.05) is 43.3 Å². The van der Waals surface area contributed by atoms with Gasteiger partial charge in [0, 0.05) is 29.0 Å². The molecule has 0 unspecified atom stereocenters. The van der Waals surface area contributed by atoms with Gasteiger partial charge in [0.2, 0.25) is 0 Å². The zero-order chi connectivity index (χ0) is 16.9. The quantitative estimate of drug-likeness (QED) is 0.715. The van der Waals surface area contributed by atoms with Crippen molar-refractivity contribution in [3.05, 3.63) is 60.3 Å². The van der Waals surface area contributed by atoms with Crippen LogP contribution in [0.2, 0.25) is 0 Å². The fourth-order valence-electron chi connectivity index (χ4n) is 2.46.